The number of carboxylic acid groups (broad SMARTS) is 1. The van der Waals surface area contributed by atoms with Crippen molar-refractivity contribution in [3.05, 3.63) is 29.3 Å². The summed E-state index contributed by atoms with van der Waals surface area (Å²) in [5.41, 5.74) is 5.88. The van der Waals surface area contributed by atoms with E-state index in [-0.39, 0.29) is 24.0 Å². The molecule has 1 fully saturated rings. The van der Waals surface area contributed by atoms with Crippen LogP contribution in [0.5, 0.6) is 5.75 Å². The minimum Gasteiger partial charge on any atom is -0.493 e. The molecule has 34 heavy (non-hydrogen) atoms. The molecule has 1 atom stereocenters. The third-order valence-corrected chi connectivity index (χ3v) is 5.03. The fourth-order valence-corrected chi connectivity index (χ4v) is 3.39. The molecule has 4 amide bonds. The van der Waals surface area contributed by atoms with Crippen LogP contribution in [0.25, 0.3) is 0 Å². The molecule has 0 aromatic heterocycles. The second kappa shape index (κ2) is 11.6. The second-order valence-corrected chi connectivity index (χ2v) is 7.48. The zero-order valence-corrected chi connectivity index (χ0v) is 18.0. The van der Waals surface area contributed by atoms with Crippen molar-refractivity contribution in [3.63, 3.8) is 0 Å². The number of hydrogen-bond donors (Lipinski definition) is 3. The van der Waals surface area contributed by atoms with E-state index >= 15 is 0 Å². The van der Waals surface area contributed by atoms with E-state index in [1.165, 1.54) is 0 Å². The maximum Gasteiger partial charge on any atom is 0.490 e. The Balaban J connectivity index is 0.000000509. The number of carboxylic acids is 1. The molecular weight excluding hydrogens is 463 g/mol. The van der Waals surface area contributed by atoms with E-state index in [0.29, 0.717) is 18.9 Å². The number of fused-ring (bicyclic) bond motifs is 1. The molecule has 1 aromatic carbocycles. The number of carbonyl (C=O) groups is 5. The number of carbonyl (C=O) groups excluding carboxylic acids is 4. The van der Waals surface area contributed by atoms with Crippen LogP contribution in [-0.4, -0.2) is 65.0 Å². The van der Waals surface area contributed by atoms with E-state index < -0.39 is 41.8 Å². The standard InChI is InChI=1S/C19H23N3O5.C2HF3O2/c20-10-3-1-2-4-11-27-14-7-5-6-12-16(14)19(26)22(18(12)25)13-8-9-15(23)21-17(13)24;3-2(4,5)1(6)7/h5-7,13H,1-4,8-11,20H2,(H,21,23,24);(H,6,7). The van der Waals surface area contributed by atoms with Gasteiger partial charge >= 0.3 is 12.1 Å². The van der Waals surface area contributed by atoms with Gasteiger partial charge in [-0.2, -0.15) is 13.2 Å². The molecule has 10 nitrogen and oxygen atoms in total. The molecule has 2 aliphatic heterocycles. The van der Waals surface area contributed by atoms with Crippen LogP contribution in [-0.2, 0) is 14.4 Å². The minimum atomic E-state index is -5.08. The van der Waals surface area contributed by atoms with Gasteiger partial charge in [0, 0.05) is 6.42 Å². The van der Waals surface area contributed by atoms with Crippen LogP contribution in [0, 0.1) is 0 Å². The average molecular weight is 487 g/mol. The van der Waals surface area contributed by atoms with Crippen molar-refractivity contribution in [3.8, 4) is 5.75 Å². The first-order valence-electron chi connectivity index (χ1n) is 10.5. The monoisotopic (exact) mass is 487 g/mol. The number of unbranched alkanes of at least 4 members (excludes halogenated alkanes) is 3. The Morgan fingerprint density at radius 2 is 1.76 bits per heavy atom. The molecule has 0 spiro atoms. The molecule has 0 bridgehead atoms. The predicted molar refractivity (Wildman–Crippen MR) is 110 cm³/mol. The summed E-state index contributed by atoms with van der Waals surface area (Å²) < 4.78 is 37.5. The highest BCUT2D eigenvalue weighted by Crippen LogP contribution is 2.33. The lowest BCUT2D eigenvalue weighted by atomic mass is 10.0. The summed E-state index contributed by atoms with van der Waals surface area (Å²) in [4.78, 5) is 58.9. The van der Waals surface area contributed by atoms with E-state index in [4.69, 9.17) is 20.4 Å². The number of halogens is 3. The molecule has 3 rings (SSSR count). The first-order chi connectivity index (χ1) is 16.0. The number of ether oxygens (including phenoxy) is 1. The van der Waals surface area contributed by atoms with Crippen molar-refractivity contribution < 1.29 is 47.0 Å². The first-order valence-corrected chi connectivity index (χ1v) is 10.5. The molecule has 2 heterocycles. The van der Waals surface area contributed by atoms with Crippen LogP contribution in [0.1, 0.15) is 59.2 Å². The number of alkyl halides is 3. The average Bonchev–Trinajstić information content (AvgIpc) is 3.01. The Morgan fingerprint density at radius 1 is 1.12 bits per heavy atom. The molecular formula is C21H24F3N3O7. The minimum absolute atomic E-state index is 0.0932. The van der Waals surface area contributed by atoms with Gasteiger partial charge in [-0.1, -0.05) is 18.9 Å². The van der Waals surface area contributed by atoms with E-state index in [1.54, 1.807) is 18.2 Å². The van der Waals surface area contributed by atoms with Gasteiger partial charge in [-0.15, -0.1) is 0 Å². The molecule has 4 N–H and O–H groups in total. The van der Waals surface area contributed by atoms with Crippen molar-refractivity contribution >= 4 is 29.6 Å². The highest BCUT2D eigenvalue weighted by molar-refractivity contribution is 6.24. The van der Waals surface area contributed by atoms with Crippen LogP contribution in [0.15, 0.2) is 18.2 Å². The normalized spacial score (nSPS) is 17.6. The molecule has 0 saturated carbocycles. The Hall–Kier alpha value is -3.48. The Bertz CT molecular complexity index is 965. The number of amides is 4. The SMILES string of the molecule is NCCCCCCOc1cccc2c1C(=O)N(C1CCC(=O)NC1=O)C2=O.O=C(O)C(F)(F)F. The molecule has 1 aromatic rings. The maximum atomic E-state index is 12.9. The van der Waals surface area contributed by atoms with E-state index in [2.05, 4.69) is 5.32 Å². The van der Waals surface area contributed by atoms with Crippen LogP contribution in [0.4, 0.5) is 13.2 Å². The lowest BCUT2D eigenvalue weighted by Gasteiger charge is -2.27. The zero-order chi connectivity index (χ0) is 25.5. The van der Waals surface area contributed by atoms with E-state index in [0.717, 1.165) is 30.6 Å². The van der Waals surface area contributed by atoms with Gasteiger partial charge in [-0.25, -0.2) is 4.79 Å². The molecule has 0 aliphatic carbocycles. The number of rotatable bonds is 8. The van der Waals surface area contributed by atoms with Gasteiger partial charge in [0.25, 0.3) is 11.8 Å². The largest absolute Gasteiger partial charge is 0.493 e. The summed E-state index contributed by atoms with van der Waals surface area (Å²) in [6.07, 6.45) is -1.07. The van der Waals surface area contributed by atoms with Gasteiger partial charge in [-0.3, -0.25) is 29.4 Å². The van der Waals surface area contributed by atoms with Crippen molar-refractivity contribution in [2.75, 3.05) is 13.2 Å². The van der Waals surface area contributed by atoms with Crippen LogP contribution in [0.2, 0.25) is 0 Å². The van der Waals surface area contributed by atoms with Gasteiger partial charge < -0.3 is 15.6 Å². The third-order valence-electron chi connectivity index (χ3n) is 5.03. The maximum absolute atomic E-state index is 12.9. The van der Waals surface area contributed by atoms with Gasteiger partial charge in [-0.05, 0) is 37.9 Å². The summed E-state index contributed by atoms with van der Waals surface area (Å²) in [5.74, 6) is -4.51. The first kappa shape index (κ1) is 26.8. The molecule has 1 unspecified atom stereocenters. The molecule has 1 saturated heterocycles. The van der Waals surface area contributed by atoms with E-state index in [9.17, 15) is 32.3 Å². The number of aliphatic carboxylic acids is 1. The quantitative estimate of drug-likeness (QED) is 0.369. The van der Waals surface area contributed by atoms with E-state index in [1.807, 2.05) is 0 Å². The Labute approximate surface area is 192 Å². The number of nitrogens with zero attached hydrogens (tertiary/aromatic N) is 1. The third kappa shape index (κ3) is 6.53. The number of imide groups is 2. The molecule has 0 radical (unpaired) electrons. The van der Waals surface area contributed by atoms with Gasteiger partial charge in [0.05, 0.1) is 17.7 Å². The molecule has 13 heteroatoms. The molecule has 2 aliphatic rings. The fraction of sp³-hybridized carbons (Fsp3) is 0.476. The van der Waals surface area contributed by atoms with Crippen molar-refractivity contribution in [2.24, 2.45) is 5.73 Å². The predicted octanol–water partition coefficient (Wildman–Crippen LogP) is 1.62. The van der Waals surface area contributed by atoms with Gasteiger partial charge in [0.2, 0.25) is 11.8 Å². The number of benzene rings is 1. The van der Waals surface area contributed by atoms with Gasteiger partial charge in [0.1, 0.15) is 11.8 Å². The summed E-state index contributed by atoms with van der Waals surface area (Å²) >= 11 is 0. The summed E-state index contributed by atoms with van der Waals surface area (Å²) in [6.45, 7) is 1.10. The highest BCUT2D eigenvalue weighted by atomic mass is 19.4. The topological polar surface area (TPSA) is 156 Å². The van der Waals surface area contributed by atoms with Crippen molar-refractivity contribution in [1.29, 1.82) is 0 Å². The lowest BCUT2D eigenvalue weighted by Crippen LogP contribution is -2.54. The number of piperidine rings is 1. The fourth-order valence-electron chi connectivity index (χ4n) is 3.39. The summed E-state index contributed by atoms with van der Waals surface area (Å²) in [6, 6.07) is 3.88. The molecule has 186 valence electrons. The number of nitrogens with one attached hydrogen (secondary N) is 1. The second-order valence-electron chi connectivity index (χ2n) is 7.48. The van der Waals surface area contributed by atoms with Crippen molar-refractivity contribution in [1.82, 2.24) is 10.2 Å². The smallest absolute Gasteiger partial charge is 0.490 e. The Morgan fingerprint density at radius 3 is 2.35 bits per heavy atom. The zero-order valence-electron chi connectivity index (χ0n) is 18.0. The summed E-state index contributed by atoms with van der Waals surface area (Å²) in [5, 5.41) is 9.31. The summed E-state index contributed by atoms with van der Waals surface area (Å²) in [7, 11) is 0. The van der Waals surface area contributed by atoms with Crippen LogP contribution >= 0.6 is 0 Å². The van der Waals surface area contributed by atoms with Crippen LogP contribution in [0.3, 0.4) is 0 Å². The van der Waals surface area contributed by atoms with Crippen LogP contribution < -0.4 is 15.8 Å². The number of nitrogens with two attached hydrogens (primary N) is 1. The lowest BCUT2D eigenvalue weighted by molar-refractivity contribution is -0.192. The highest BCUT2D eigenvalue weighted by Gasteiger charge is 2.46. The van der Waals surface area contributed by atoms with Gasteiger partial charge in [0.15, 0.2) is 0 Å². The van der Waals surface area contributed by atoms with Crippen molar-refractivity contribution in [2.45, 2.75) is 50.7 Å². The number of hydrogen-bond acceptors (Lipinski definition) is 7. The Kier molecular flexibility index (Phi) is 9.12.